The van der Waals surface area contributed by atoms with Crippen molar-refractivity contribution in [2.45, 2.75) is 6.54 Å². The van der Waals surface area contributed by atoms with Crippen molar-refractivity contribution in [1.82, 2.24) is 10.6 Å². The highest BCUT2D eigenvalue weighted by molar-refractivity contribution is 6.34. The molecule has 0 aromatic heterocycles. The largest absolute Gasteiger partial charge is 0.480 e. The maximum Gasteiger partial charge on any atom is 0.322 e. The molecule has 0 fully saturated rings. The van der Waals surface area contributed by atoms with E-state index in [0.717, 1.165) is 5.56 Å². The van der Waals surface area contributed by atoms with E-state index in [2.05, 4.69) is 16.0 Å². The average molecular weight is 396 g/mol. The summed E-state index contributed by atoms with van der Waals surface area (Å²) in [5.74, 6) is -1.70. The minimum absolute atomic E-state index is 0.213. The molecule has 0 atom stereocenters. The van der Waals surface area contributed by atoms with Gasteiger partial charge in [-0.3, -0.25) is 9.59 Å². The van der Waals surface area contributed by atoms with Crippen molar-refractivity contribution in [2.24, 2.45) is 0 Å². The molecule has 9 heteroatoms. The lowest BCUT2D eigenvalue weighted by molar-refractivity contribution is -0.135. The van der Waals surface area contributed by atoms with E-state index in [1.807, 2.05) is 0 Å². The van der Waals surface area contributed by atoms with Crippen LogP contribution in [-0.2, 0) is 11.3 Å². The summed E-state index contributed by atoms with van der Waals surface area (Å²) < 4.78 is 0. The number of nitrogens with one attached hydrogen (secondary N) is 3. The number of hydrogen-bond acceptors (Lipinski definition) is 3. The van der Waals surface area contributed by atoms with E-state index in [4.69, 9.17) is 28.3 Å². The Hall–Kier alpha value is -2.77. The number of urea groups is 1. The standard InChI is InChI=1S/C17H15Cl2N3O4/c18-12-4-10(5-13(19)7-12)8-21-17(26)22-14-3-1-2-11(6-14)16(25)20-9-15(23)24/h1-7H,8-9H2,(H,20,25)(H,23,24)(H2,21,22,26). The number of hydrogen-bond donors (Lipinski definition) is 4. The van der Waals surface area contributed by atoms with E-state index < -0.39 is 24.5 Å². The number of benzene rings is 2. The predicted molar refractivity (Wildman–Crippen MR) is 98.7 cm³/mol. The molecule has 0 radical (unpaired) electrons. The SMILES string of the molecule is O=C(O)CNC(=O)c1cccc(NC(=O)NCc2cc(Cl)cc(Cl)c2)c1. The molecule has 0 unspecified atom stereocenters. The fourth-order valence-corrected chi connectivity index (χ4v) is 2.64. The number of aliphatic carboxylic acids is 1. The first-order chi connectivity index (χ1) is 12.3. The molecule has 0 saturated heterocycles. The molecule has 4 N–H and O–H groups in total. The highest BCUT2D eigenvalue weighted by Crippen LogP contribution is 2.19. The number of rotatable bonds is 6. The van der Waals surface area contributed by atoms with Crippen LogP contribution >= 0.6 is 23.2 Å². The first-order valence-electron chi connectivity index (χ1n) is 7.43. The molecule has 0 aliphatic rings. The normalized spacial score (nSPS) is 10.1. The van der Waals surface area contributed by atoms with Crippen LogP contribution in [0.5, 0.6) is 0 Å². The molecule has 3 amide bonds. The van der Waals surface area contributed by atoms with E-state index in [1.165, 1.54) is 12.1 Å². The molecule has 7 nitrogen and oxygen atoms in total. The fourth-order valence-electron chi connectivity index (χ4n) is 2.07. The number of carbonyl (C=O) groups excluding carboxylic acids is 2. The van der Waals surface area contributed by atoms with Gasteiger partial charge in [-0.25, -0.2) is 4.79 Å². The van der Waals surface area contributed by atoms with Gasteiger partial charge in [-0.1, -0.05) is 29.3 Å². The smallest absolute Gasteiger partial charge is 0.322 e. The van der Waals surface area contributed by atoms with Crippen molar-refractivity contribution in [1.29, 1.82) is 0 Å². The van der Waals surface area contributed by atoms with E-state index in [0.29, 0.717) is 15.7 Å². The van der Waals surface area contributed by atoms with Gasteiger partial charge in [-0.05, 0) is 42.0 Å². The Morgan fingerprint density at radius 3 is 2.31 bits per heavy atom. The van der Waals surface area contributed by atoms with Crippen molar-refractivity contribution < 1.29 is 19.5 Å². The number of carbonyl (C=O) groups is 3. The second-order valence-electron chi connectivity index (χ2n) is 5.24. The predicted octanol–water partition coefficient (Wildman–Crippen LogP) is 3.13. The highest BCUT2D eigenvalue weighted by Gasteiger charge is 2.09. The van der Waals surface area contributed by atoms with Crippen LogP contribution in [0.2, 0.25) is 10.0 Å². The van der Waals surface area contributed by atoms with Gasteiger partial charge in [0.25, 0.3) is 5.91 Å². The monoisotopic (exact) mass is 395 g/mol. The third kappa shape index (κ3) is 6.27. The van der Waals surface area contributed by atoms with Crippen LogP contribution in [0, 0.1) is 0 Å². The summed E-state index contributed by atoms with van der Waals surface area (Å²) in [6.07, 6.45) is 0. The zero-order valence-corrected chi connectivity index (χ0v) is 14.9. The molecule has 2 rings (SSSR count). The van der Waals surface area contributed by atoms with Crippen LogP contribution < -0.4 is 16.0 Å². The van der Waals surface area contributed by atoms with E-state index in [9.17, 15) is 14.4 Å². The van der Waals surface area contributed by atoms with Gasteiger partial charge >= 0.3 is 12.0 Å². The minimum Gasteiger partial charge on any atom is -0.480 e. The van der Waals surface area contributed by atoms with Crippen LogP contribution in [-0.4, -0.2) is 29.6 Å². The summed E-state index contributed by atoms with van der Waals surface area (Å²) in [6.45, 7) is -0.274. The lowest BCUT2D eigenvalue weighted by Crippen LogP contribution is -2.30. The molecule has 0 aliphatic heterocycles. The summed E-state index contributed by atoms with van der Waals surface area (Å²) in [5.41, 5.74) is 1.35. The number of carboxylic acid groups (broad SMARTS) is 1. The molecule has 0 bridgehead atoms. The van der Waals surface area contributed by atoms with Crippen molar-refractivity contribution in [3.63, 3.8) is 0 Å². The molecular weight excluding hydrogens is 381 g/mol. The first-order valence-corrected chi connectivity index (χ1v) is 8.19. The van der Waals surface area contributed by atoms with Gasteiger partial charge < -0.3 is 21.1 Å². The highest BCUT2D eigenvalue weighted by atomic mass is 35.5. The Bertz CT molecular complexity index is 822. The molecule has 26 heavy (non-hydrogen) atoms. The topological polar surface area (TPSA) is 108 Å². The number of halogens is 2. The zero-order valence-electron chi connectivity index (χ0n) is 13.4. The molecule has 0 heterocycles. The van der Waals surface area contributed by atoms with Crippen molar-refractivity contribution in [3.8, 4) is 0 Å². The first kappa shape index (κ1) is 19.6. The Morgan fingerprint density at radius 1 is 0.962 bits per heavy atom. The van der Waals surface area contributed by atoms with Crippen molar-refractivity contribution in [2.75, 3.05) is 11.9 Å². The summed E-state index contributed by atoms with van der Waals surface area (Å²) in [6, 6.07) is 10.6. The second-order valence-corrected chi connectivity index (χ2v) is 6.12. The molecule has 2 aromatic rings. The molecule has 0 saturated carbocycles. The third-order valence-corrected chi connectivity index (χ3v) is 3.59. The van der Waals surface area contributed by atoms with Gasteiger partial charge in [-0.2, -0.15) is 0 Å². The minimum atomic E-state index is -1.15. The van der Waals surface area contributed by atoms with Crippen LogP contribution in [0.1, 0.15) is 15.9 Å². The van der Waals surface area contributed by atoms with Crippen LogP contribution in [0.4, 0.5) is 10.5 Å². The van der Waals surface area contributed by atoms with Gasteiger partial charge in [0, 0.05) is 27.8 Å². The Morgan fingerprint density at radius 2 is 1.65 bits per heavy atom. The quantitative estimate of drug-likeness (QED) is 0.602. The average Bonchev–Trinajstić information content (AvgIpc) is 2.57. The summed E-state index contributed by atoms with van der Waals surface area (Å²) in [4.78, 5) is 34.3. The van der Waals surface area contributed by atoms with Gasteiger partial charge in [0.05, 0.1) is 0 Å². The number of carboxylic acids is 1. The Labute approximate surface area is 159 Å². The maximum absolute atomic E-state index is 12.0. The van der Waals surface area contributed by atoms with E-state index >= 15 is 0 Å². The van der Waals surface area contributed by atoms with Crippen LogP contribution in [0.3, 0.4) is 0 Å². The second kappa shape index (κ2) is 9.07. The van der Waals surface area contributed by atoms with Crippen molar-refractivity contribution in [3.05, 3.63) is 63.6 Å². The zero-order chi connectivity index (χ0) is 19.1. The molecule has 136 valence electrons. The lowest BCUT2D eigenvalue weighted by atomic mass is 10.2. The molecular formula is C17H15Cl2N3O4. The van der Waals surface area contributed by atoms with Crippen LogP contribution in [0.25, 0.3) is 0 Å². The van der Waals surface area contributed by atoms with E-state index in [-0.39, 0.29) is 12.1 Å². The number of anilines is 1. The van der Waals surface area contributed by atoms with Crippen LogP contribution in [0.15, 0.2) is 42.5 Å². The molecule has 0 aliphatic carbocycles. The Balaban J connectivity index is 1.93. The maximum atomic E-state index is 12.0. The molecule has 2 aromatic carbocycles. The van der Waals surface area contributed by atoms with Gasteiger partial charge in [0.2, 0.25) is 0 Å². The Kier molecular flexibility index (Phi) is 6.82. The van der Waals surface area contributed by atoms with Gasteiger partial charge in [0.1, 0.15) is 6.54 Å². The summed E-state index contributed by atoms with van der Waals surface area (Å²) >= 11 is 11.8. The van der Waals surface area contributed by atoms with Crippen molar-refractivity contribution >= 4 is 46.8 Å². The fraction of sp³-hybridized carbons (Fsp3) is 0.118. The lowest BCUT2D eigenvalue weighted by Gasteiger charge is -2.10. The van der Waals surface area contributed by atoms with Gasteiger partial charge in [0.15, 0.2) is 0 Å². The molecule has 0 spiro atoms. The van der Waals surface area contributed by atoms with Gasteiger partial charge in [-0.15, -0.1) is 0 Å². The third-order valence-electron chi connectivity index (χ3n) is 3.16. The summed E-state index contributed by atoms with van der Waals surface area (Å²) in [5, 5.41) is 17.0. The number of amides is 3. The van der Waals surface area contributed by atoms with E-state index in [1.54, 1.807) is 30.3 Å². The summed E-state index contributed by atoms with van der Waals surface area (Å²) in [7, 11) is 0.